The Balaban J connectivity index is 1.37. The molecule has 6 heteroatoms. The zero-order chi connectivity index (χ0) is 19.1. The average molecular weight is 387 g/mol. The summed E-state index contributed by atoms with van der Waals surface area (Å²) in [6.45, 7) is 11.0. The van der Waals surface area contributed by atoms with Crippen LogP contribution in [0.5, 0.6) is 0 Å². The van der Waals surface area contributed by atoms with E-state index in [1.807, 2.05) is 6.92 Å². The first-order chi connectivity index (χ1) is 13.2. The summed E-state index contributed by atoms with van der Waals surface area (Å²) in [5, 5.41) is 4.13. The summed E-state index contributed by atoms with van der Waals surface area (Å²) >= 11 is 1.54. The molecule has 1 aliphatic heterocycles. The van der Waals surface area contributed by atoms with Gasteiger partial charge in [-0.3, -0.25) is 14.6 Å². The van der Waals surface area contributed by atoms with Crippen LogP contribution in [0.2, 0.25) is 0 Å². The molecule has 0 atom stereocenters. The Bertz CT molecular complexity index is 723. The van der Waals surface area contributed by atoms with Crippen molar-refractivity contribution in [3.05, 3.63) is 51.5 Å². The fourth-order valence-corrected chi connectivity index (χ4v) is 4.49. The second kappa shape index (κ2) is 9.97. The van der Waals surface area contributed by atoms with Crippen molar-refractivity contribution in [2.45, 2.75) is 33.2 Å². The Labute approximate surface area is 166 Å². The second-order valence-corrected chi connectivity index (χ2v) is 8.22. The summed E-state index contributed by atoms with van der Waals surface area (Å²) in [5.74, 6) is 0.0232. The molecule has 0 aliphatic carbocycles. The fourth-order valence-electron chi connectivity index (χ4n) is 3.40. The fraction of sp³-hybridized carbons (Fsp3) is 0.524. The van der Waals surface area contributed by atoms with Crippen LogP contribution in [-0.2, 0) is 13.0 Å². The molecule has 1 fully saturated rings. The molecule has 146 valence electrons. The number of nitrogens with one attached hydrogen (secondary N) is 1. The van der Waals surface area contributed by atoms with E-state index in [-0.39, 0.29) is 5.91 Å². The van der Waals surface area contributed by atoms with Gasteiger partial charge in [-0.2, -0.15) is 0 Å². The maximum Gasteiger partial charge on any atom is 0.263 e. The van der Waals surface area contributed by atoms with Crippen LogP contribution >= 0.6 is 11.3 Å². The first-order valence-electron chi connectivity index (χ1n) is 9.89. The molecule has 1 aromatic carbocycles. The first-order valence-corrected chi connectivity index (χ1v) is 10.7. The molecule has 1 N–H and O–H groups in total. The highest BCUT2D eigenvalue weighted by Gasteiger charge is 2.18. The van der Waals surface area contributed by atoms with Gasteiger partial charge in [-0.05, 0) is 25.3 Å². The summed E-state index contributed by atoms with van der Waals surface area (Å²) in [6, 6.07) is 10.6. The molecular formula is C21H30N4OS. The van der Waals surface area contributed by atoms with E-state index in [2.05, 4.69) is 57.4 Å². The van der Waals surface area contributed by atoms with Crippen molar-refractivity contribution in [2.75, 3.05) is 39.3 Å². The molecule has 2 heterocycles. The zero-order valence-electron chi connectivity index (χ0n) is 16.4. The number of thiazole rings is 1. The number of carbonyl (C=O) groups excluding carboxylic acids is 1. The van der Waals surface area contributed by atoms with Crippen LogP contribution in [0.15, 0.2) is 30.3 Å². The Hall–Kier alpha value is -1.76. The lowest BCUT2D eigenvalue weighted by Gasteiger charge is -2.34. The standard InChI is InChI=1S/C21H30N4OS/c1-3-7-19-23-17(2)20(27-19)21(26)22-10-11-24-12-14-25(15-13-24)16-18-8-5-4-6-9-18/h4-6,8-9H,3,7,10-16H2,1-2H3,(H,22,26). The number of piperazine rings is 1. The molecule has 0 saturated carbocycles. The van der Waals surface area contributed by atoms with Gasteiger partial charge < -0.3 is 5.32 Å². The first kappa shape index (κ1) is 20.0. The van der Waals surface area contributed by atoms with E-state index in [0.717, 1.165) is 67.7 Å². The molecule has 1 saturated heterocycles. The van der Waals surface area contributed by atoms with Gasteiger partial charge in [0, 0.05) is 45.8 Å². The summed E-state index contributed by atoms with van der Waals surface area (Å²) in [5.41, 5.74) is 2.23. The van der Waals surface area contributed by atoms with Gasteiger partial charge in [0.1, 0.15) is 4.88 Å². The number of benzene rings is 1. The van der Waals surface area contributed by atoms with Crippen LogP contribution in [0.3, 0.4) is 0 Å². The lowest BCUT2D eigenvalue weighted by Crippen LogP contribution is -2.48. The molecule has 1 aliphatic rings. The number of aromatic nitrogens is 1. The van der Waals surface area contributed by atoms with Crippen LogP contribution in [0.1, 0.15) is 39.3 Å². The van der Waals surface area contributed by atoms with Gasteiger partial charge in [0.2, 0.25) is 0 Å². The summed E-state index contributed by atoms with van der Waals surface area (Å²) in [7, 11) is 0. The number of nitrogens with zero attached hydrogens (tertiary/aromatic N) is 3. The van der Waals surface area contributed by atoms with Crippen LogP contribution in [-0.4, -0.2) is 60.0 Å². The molecule has 27 heavy (non-hydrogen) atoms. The minimum Gasteiger partial charge on any atom is -0.350 e. The van der Waals surface area contributed by atoms with Crippen molar-refractivity contribution in [3.63, 3.8) is 0 Å². The average Bonchev–Trinajstić information content (AvgIpc) is 3.05. The molecular weight excluding hydrogens is 356 g/mol. The molecule has 0 unspecified atom stereocenters. The highest BCUT2D eigenvalue weighted by molar-refractivity contribution is 7.13. The minimum atomic E-state index is 0.0232. The molecule has 2 aromatic rings. The van der Waals surface area contributed by atoms with Gasteiger partial charge in [-0.15, -0.1) is 11.3 Å². The van der Waals surface area contributed by atoms with Gasteiger partial charge in [-0.1, -0.05) is 37.3 Å². The lowest BCUT2D eigenvalue weighted by molar-refractivity contribution is 0.0937. The zero-order valence-corrected chi connectivity index (χ0v) is 17.2. The second-order valence-electron chi connectivity index (χ2n) is 7.13. The molecule has 5 nitrogen and oxygen atoms in total. The van der Waals surface area contributed by atoms with Gasteiger partial charge in [0.15, 0.2) is 0 Å². The topological polar surface area (TPSA) is 48.5 Å². The Morgan fingerprint density at radius 3 is 2.56 bits per heavy atom. The van der Waals surface area contributed by atoms with Crippen LogP contribution < -0.4 is 5.32 Å². The monoisotopic (exact) mass is 386 g/mol. The van der Waals surface area contributed by atoms with E-state index < -0.39 is 0 Å². The molecule has 0 radical (unpaired) electrons. The molecule has 3 rings (SSSR count). The maximum atomic E-state index is 12.4. The lowest BCUT2D eigenvalue weighted by atomic mass is 10.2. The minimum absolute atomic E-state index is 0.0232. The highest BCUT2D eigenvalue weighted by atomic mass is 32.1. The number of carbonyl (C=O) groups is 1. The number of aryl methyl sites for hydroxylation is 2. The van der Waals surface area contributed by atoms with Crippen molar-refractivity contribution in [3.8, 4) is 0 Å². The van der Waals surface area contributed by atoms with Crippen molar-refractivity contribution in [1.29, 1.82) is 0 Å². The Morgan fingerprint density at radius 2 is 1.85 bits per heavy atom. The normalized spacial score (nSPS) is 15.8. The van der Waals surface area contributed by atoms with E-state index >= 15 is 0 Å². The number of hydrogen-bond acceptors (Lipinski definition) is 5. The largest absolute Gasteiger partial charge is 0.350 e. The van der Waals surface area contributed by atoms with Gasteiger partial charge >= 0.3 is 0 Å². The van der Waals surface area contributed by atoms with Crippen molar-refractivity contribution in [1.82, 2.24) is 20.1 Å². The van der Waals surface area contributed by atoms with Crippen molar-refractivity contribution < 1.29 is 4.79 Å². The quantitative estimate of drug-likeness (QED) is 0.758. The number of hydrogen-bond donors (Lipinski definition) is 1. The molecule has 1 amide bonds. The Morgan fingerprint density at radius 1 is 1.15 bits per heavy atom. The van der Waals surface area contributed by atoms with E-state index in [1.165, 1.54) is 16.9 Å². The molecule has 0 bridgehead atoms. The number of rotatable bonds is 8. The number of amides is 1. The maximum absolute atomic E-state index is 12.4. The SMILES string of the molecule is CCCc1nc(C)c(C(=O)NCCN2CCN(Cc3ccccc3)CC2)s1. The van der Waals surface area contributed by atoms with E-state index in [1.54, 1.807) is 0 Å². The predicted octanol–water partition coefficient (Wildman–Crippen LogP) is 2.95. The van der Waals surface area contributed by atoms with E-state index in [9.17, 15) is 4.79 Å². The molecule has 1 aromatic heterocycles. The van der Waals surface area contributed by atoms with E-state index in [0.29, 0.717) is 6.54 Å². The van der Waals surface area contributed by atoms with Crippen LogP contribution in [0.4, 0.5) is 0 Å². The van der Waals surface area contributed by atoms with Gasteiger partial charge in [-0.25, -0.2) is 4.98 Å². The highest BCUT2D eigenvalue weighted by Crippen LogP contribution is 2.19. The predicted molar refractivity (Wildman–Crippen MR) is 111 cm³/mol. The summed E-state index contributed by atoms with van der Waals surface area (Å²) in [4.78, 5) is 22.6. The van der Waals surface area contributed by atoms with E-state index in [4.69, 9.17) is 0 Å². The third kappa shape index (κ3) is 5.86. The summed E-state index contributed by atoms with van der Waals surface area (Å²) in [6.07, 6.45) is 2.01. The van der Waals surface area contributed by atoms with Gasteiger partial charge in [0.05, 0.1) is 10.7 Å². The van der Waals surface area contributed by atoms with Crippen LogP contribution in [0.25, 0.3) is 0 Å². The molecule has 0 spiro atoms. The van der Waals surface area contributed by atoms with Crippen molar-refractivity contribution in [2.24, 2.45) is 0 Å². The van der Waals surface area contributed by atoms with Crippen molar-refractivity contribution >= 4 is 17.2 Å². The smallest absolute Gasteiger partial charge is 0.263 e. The third-order valence-corrected chi connectivity index (χ3v) is 6.15. The van der Waals surface area contributed by atoms with Crippen LogP contribution in [0, 0.1) is 6.92 Å². The Kier molecular flexibility index (Phi) is 7.38. The third-order valence-electron chi connectivity index (χ3n) is 4.94. The summed E-state index contributed by atoms with van der Waals surface area (Å²) < 4.78 is 0. The van der Waals surface area contributed by atoms with Gasteiger partial charge in [0.25, 0.3) is 5.91 Å².